The van der Waals surface area contributed by atoms with Crippen molar-refractivity contribution in [1.82, 2.24) is 20.2 Å². The third-order valence-electron chi connectivity index (χ3n) is 10.4. The van der Waals surface area contributed by atoms with Gasteiger partial charge < -0.3 is 5.11 Å². The number of aliphatic hydroxyl groups excluding tert-OH is 1. The second-order valence-electron chi connectivity index (χ2n) is 11.6. The van der Waals surface area contributed by atoms with Crippen LogP contribution in [0.25, 0.3) is 0 Å². The van der Waals surface area contributed by atoms with Crippen molar-refractivity contribution in [2.75, 3.05) is 0 Å². The quantitative estimate of drug-likeness (QED) is 0.802. The van der Waals surface area contributed by atoms with E-state index in [1.165, 1.54) is 36.8 Å². The fourth-order valence-electron chi connectivity index (χ4n) is 9.37. The lowest BCUT2D eigenvalue weighted by Crippen LogP contribution is -2.53. The molecule has 0 amide bonds. The average molecular weight is 421 g/mol. The van der Waals surface area contributed by atoms with Crippen molar-refractivity contribution in [2.24, 2.45) is 58.7 Å². The van der Waals surface area contributed by atoms with E-state index < -0.39 is 23.9 Å². The Morgan fingerprint density at radius 3 is 2.63 bits per heavy atom. The minimum absolute atomic E-state index is 0.0555. The molecule has 0 bridgehead atoms. The molecule has 1 N–H and O–H groups in total. The maximum atomic E-state index is 15.1. The van der Waals surface area contributed by atoms with Crippen molar-refractivity contribution in [1.29, 1.82) is 0 Å². The van der Waals surface area contributed by atoms with E-state index in [1.807, 2.05) is 0 Å². The summed E-state index contributed by atoms with van der Waals surface area (Å²) >= 11 is 0. The highest BCUT2D eigenvalue weighted by Gasteiger charge is 2.84. The van der Waals surface area contributed by atoms with E-state index >= 15 is 8.78 Å². The van der Waals surface area contributed by atoms with Crippen LogP contribution >= 0.6 is 0 Å². The van der Waals surface area contributed by atoms with Crippen LogP contribution in [0.15, 0.2) is 6.33 Å². The molecule has 0 radical (unpaired) electrons. The first-order valence-electron chi connectivity index (χ1n) is 12.1. The summed E-state index contributed by atoms with van der Waals surface area (Å²) in [5.74, 6) is -0.712. The first-order chi connectivity index (χ1) is 14.3. The summed E-state index contributed by atoms with van der Waals surface area (Å²) in [5, 5.41) is 22.7. The SMILES string of the molecule is C[C@H]1CCC2C(CCC3C4[C@H]5[C@@H]([C@H](C(O)Cn6ncnn6)[C@@]4(C)CC[C@H]23)C5(F)F)C1. The average Bonchev–Trinajstić information content (AvgIpc) is 3.08. The van der Waals surface area contributed by atoms with Crippen LogP contribution in [0.2, 0.25) is 0 Å². The van der Waals surface area contributed by atoms with E-state index in [9.17, 15) is 5.11 Å². The van der Waals surface area contributed by atoms with Crippen molar-refractivity contribution in [2.45, 2.75) is 77.4 Å². The van der Waals surface area contributed by atoms with Crippen molar-refractivity contribution < 1.29 is 13.9 Å². The summed E-state index contributed by atoms with van der Waals surface area (Å²) in [7, 11) is 0. The number of alkyl halides is 2. The molecular formula is C23H34F2N4O. The van der Waals surface area contributed by atoms with Gasteiger partial charge >= 0.3 is 0 Å². The number of halogens is 2. The van der Waals surface area contributed by atoms with Crippen LogP contribution in [0.4, 0.5) is 8.78 Å². The standard InChI is InChI=1S/C23H34F2N4O/c1-12-3-5-14-13(9-12)4-6-16-15(14)7-8-22(2)18(16)20-21(23(20,24)25)19(22)17(30)10-29-27-11-26-28-29/h11-21,30H,3-10H2,1-2H3/t12-,13?,14?,15+,16?,17?,18?,19-,20-,21+,22-/m0/s1. The number of fused-ring (bicyclic) bond motifs is 7. The molecular weight excluding hydrogens is 386 g/mol. The van der Waals surface area contributed by atoms with Crippen LogP contribution in [0.5, 0.6) is 0 Å². The van der Waals surface area contributed by atoms with E-state index in [0.717, 1.165) is 37.0 Å². The Hall–Kier alpha value is -1.11. The van der Waals surface area contributed by atoms with Crippen molar-refractivity contribution in [3.05, 3.63) is 6.33 Å². The molecule has 1 aromatic heterocycles. The second kappa shape index (κ2) is 6.46. The molecule has 5 nitrogen and oxygen atoms in total. The lowest BCUT2D eigenvalue weighted by Gasteiger charge is -2.57. The summed E-state index contributed by atoms with van der Waals surface area (Å²) < 4.78 is 30.1. The number of nitrogens with zero attached hydrogens (tertiary/aromatic N) is 4. The van der Waals surface area contributed by atoms with Crippen molar-refractivity contribution in [3.8, 4) is 0 Å². The summed E-state index contributed by atoms with van der Waals surface area (Å²) in [4.78, 5) is 1.34. The highest BCUT2D eigenvalue weighted by molar-refractivity contribution is 5.25. The zero-order valence-corrected chi connectivity index (χ0v) is 18.0. The molecule has 5 fully saturated rings. The van der Waals surface area contributed by atoms with Gasteiger partial charge in [0.2, 0.25) is 0 Å². The maximum Gasteiger partial charge on any atom is 0.255 e. The van der Waals surface area contributed by atoms with Gasteiger partial charge in [-0.05, 0) is 84.7 Å². The smallest absolute Gasteiger partial charge is 0.255 e. The van der Waals surface area contributed by atoms with Gasteiger partial charge in [0, 0.05) is 17.8 Å². The zero-order chi connectivity index (χ0) is 20.8. The number of aliphatic hydroxyl groups is 1. The highest BCUT2D eigenvalue weighted by Crippen LogP contribution is 2.80. The first-order valence-corrected chi connectivity index (χ1v) is 12.1. The van der Waals surface area contributed by atoms with Gasteiger partial charge in [0.1, 0.15) is 0 Å². The van der Waals surface area contributed by atoms with E-state index in [4.69, 9.17) is 0 Å². The van der Waals surface area contributed by atoms with Crippen molar-refractivity contribution in [3.63, 3.8) is 0 Å². The van der Waals surface area contributed by atoms with Crippen molar-refractivity contribution >= 4 is 0 Å². The molecule has 6 rings (SSSR count). The number of hydrogen-bond donors (Lipinski definition) is 1. The number of hydrogen-bond acceptors (Lipinski definition) is 4. The maximum absolute atomic E-state index is 15.1. The molecule has 5 aliphatic carbocycles. The zero-order valence-electron chi connectivity index (χ0n) is 18.0. The lowest BCUT2D eigenvalue weighted by molar-refractivity contribution is -0.131. The molecule has 1 aromatic rings. The van der Waals surface area contributed by atoms with Gasteiger partial charge in [0.25, 0.3) is 5.92 Å². The van der Waals surface area contributed by atoms with Crippen LogP contribution in [0.1, 0.15) is 58.8 Å². The largest absolute Gasteiger partial charge is 0.391 e. The minimum atomic E-state index is -2.62. The lowest BCUT2D eigenvalue weighted by atomic mass is 9.48. The van der Waals surface area contributed by atoms with Gasteiger partial charge in [0.15, 0.2) is 6.33 Å². The second-order valence-corrected chi connectivity index (χ2v) is 11.6. The Morgan fingerprint density at radius 1 is 1.07 bits per heavy atom. The van der Waals surface area contributed by atoms with Gasteiger partial charge in [-0.1, -0.05) is 20.3 Å². The predicted molar refractivity (Wildman–Crippen MR) is 106 cm³/mol. The molecule has 0 saturated heterocycles. The van der Waals surface area contributed by atoms with Gasteiger partial charge in [-0.25, -0.2) is 8.78 Å². The van der Waals surface area contributed by atoms with Gasteiger partial charge in [-0.15, -0.1) is 10.2 Å². The Kier molecular flexibility index (Phi) is 4.21. The monoisotopic (exact) mass is 420 g/mol. The van der Waals surface area contributed by atoms with Crippen LogP contribution < -0.4 is 0 Å². The number of aromatic nitrogens is 4. The Morgan fingerprint density at radius 2 is 1.87 bits per heavy atom. The van der Waals surface area contributed by atoms with Crippen LogP contribution in [0.3, 0.4) is 0 Å². The van der Waals surface area contributed by atoms with E-state index in [2.05, 4.69) is 29.3 Å². The van der Waals surface area contributed by atoms with E-state index in [1.54, 1.807) is 0 Å². The topological polar surface area (TPSA) is 63.8 Å². The van der Waals surface area contributed by atoms with Gasteiger partial charge in [-0.3, -0.25) is 0 Å². The molecule has 5 saturated carbocycles. The fraction of sp³-hybridized carbons (Fsp3) is 0.957. The summed E-state index contributed by atoms with van der Waals surface area (Å²) in [5.41, 5.74) is -0.201. The molecule has 5 unspecified atom stereocenters. The van der Waals surface area contributed by atoms with E-state index in [0.29, 0.717) is 11.8 Å². The molecule has 166 valence electrons. The Bertz CT molecular complexity index is 803. The fourth-order valence-corrected chi connectivity index (χ4v) is 9.37. The van der Waals surface area contributed by atoms with E-state index in [-0.39, 0.29) is 23.8 Å². The third kappa shape index (κ3) is 2.56. The first kappa shape index (κ1) is 19.6. The van der Waals surface area contributed by atoms with Crippen LogP contribution in [-0.2, 0) is 6.54 Å². The third-order valence-corrected chi connectivity index (χ3v) is 10.4. The molecule has 7 heteroatoms. The Balaban J connectivity index is 1.30. The summed E-state index contributed by atoms with van der Waals surface area (Å²) in [6, 6.07) is 0. The number of tetrazole rings is 1. The normalized spacial score (nSPS) is 52.0. The Labute approximate surface area is 177 Å². The van der Waals surface area contributed by atoms with Gasteiger partial charge in [0.05, 0.1) is 12.6 Å². The molecule has 1 heterocycles. The highest BCUT2D eigenvalue weighted by atomic mass is 19.3. The van der Waals surface area contributed by atoms with Crippen LogP contribution in [0, 0.1) is 58.7 Å². The summed E-state index contributed by atoms with van der Waals surface area (Å²) in [6.07, 6.45) is 8.90. The molecule has 0 aromatic carbocycles. The molecule has 0 spiro atoms. The molecule has 30 heavy (non-hydrogen) atoms. The molecule has 0 aliphatic heterocycles. The summed E-state index contributed by atoms with van der Waals surface area (Å²) in [6.45, 7) is 4.75. The predicted octanol–water partition coefficient (Wildman–Crippen LogP) is 4.04. The van der Waals surface area contributed by atoms with Gasteiger partial charge in [-0.2, -0.15) is 4.80 Å². The number of rotatable bonds is 3. The minimum Gasteiger partial charge on any atom is -0.391 e. The van der Waals surface area contributed by atoms with Crippen LogP contribution in [-0.4, -0.2) is 37.3 Å². The molecule has 5 aliphatic rings. The molecule has 11 atom stereocenters.